The Kier molecular flexibility index (Phi) is 3.04. The molecule has 2 unspecified atom stereocenters. The quantitative estimate of drug-likeness (QED) is 0.447. The van der Waals surface area contributed by atoms with Crippen LogP contribution in [0.3, 0.4) is 0 Å². The topological polar surface area (TPSA) is 70.6 Å². The Balaban J connectivity index is 2.53. The first-order valence-corrected chi connectivity index (χ1v) is 5.12. The normalized spacial score (nSPS) is 31.4. The highest BCUT2D eigenvalue weighted by molar-refractivity contribution is 5.78. The van der Waals surface area contributed by atoms with Crippen LogP contribution in [-0.2, 0) is 0 Å². The molecule has 4 N–H and O–H groups in total. The fourth-order valence-corrected chi connectivity index (χ4v) is 1.60. The summed E-state index contributed by atoms with van der Waals surface area (Å²) in [5.74, 6) is 0.477. The smallest absolute Gasteiger partial charge is 0.189 e. The molecule has 1 saturated carbocycles. The van der Waals surface area contributed by atoms with Crippen molar-refractivity contribution >= 4 is 5.96 Å². The van der Waals surface area contributed by atoms with Crippen molar-refractivity contribution in [2.45, 2.75) is 52.3 Å². The number of aliphatic hydroxyl groups is 1. The molecule has 0 aromatic carbocycles. The zero-order chi connectivity index (χ0) is 10.9. The van der Waals surface area contributed by atoms with Gasteiger partial charge in [-0.3, -0.25) is 0 Å². The maximum absolute atomic E-state index is 9.51. The first-order valence-electron chi connectivity index (χ1n) is 5.12. The molecule has 0 radical (unpaired) electrons. The molecular weight excluding hydrogens is 178 g/mol. The molecule has 0 amide bonds. The van der Waals surface area contributed by atoms with Gasteiger partial charge in [0.25, 0.3) is 0 Å². The fourth-order valence-electron chi connectivity index (χ4n) is 1.60. The van der Waals surface area contributed by atoms with Gasteiger partial charge < -0.3 is 16.2 Å². The molecule has 1 fully saturated rings. The number of hydrogen-bond acceptors (Lipinski definition) is 2. The third-order valence-electron chi connectivity index (χ3n) is 2.90. The van der Waals surface area contributed by atoms with Gasteiger partial charge in [-0.15, -0.1) is 0 Å². The monoisotopic (exact) mass is 199 g/mol. The summed E-state index contributed by atoms with van der Waals surface area (Å²) < 4.78 is 0. The van der Waals surface area contributed by atoms with Gasteiger partial charge in [-0.2, -0.15) is 0 Å². The predicted molar refractivity (Wildman–Crippen MR) is 58.1 cm³/mol. The summed E-state index contributed by atoms with van der Waals surface area (Å²) >= 11 is 0. The van der Waals surface area contributed by atoms with Crippen molar-refractivity contribution in [3.8, 4) is 0 Å². The van der Waals surface area contributed by atoms with Crippen LogP contribution < -0.4 is 11.1 Å². The Labute approximate surface area is 85.6 Å². The summed E-state index contributed by atoms with van der Waals surface area (Å²) in [6, 6.07) is 0.440. The molecule has 1 rings (SSSR count). The van der Waals surface area contributed by atoms with Crippen molar-refractivity contribution in [2.75, 3.05) is 0 Å². The van der Waals surface area contributed by atoms with Gasteiger partial charge in [0.05, 0.1) is 12.1 Å². The van der Waals surface area contributed by atoms with E-state index in [0.717, 1.165) is 0 Å². The number of nitrogens with zero attached hydrogens (tertiary/aromatic N) is 1. The van der Waals surface area contributed by atoms with Crippen LogP contribution in [0.15, 0.2) is 4.99 Å². The van der Waals surface area contributed by atoms with Gasteiger partial charge in [0.15, 0.2) is 5.96 Å². The van der Waals surface area contributed by atoms with E-state index >= 15 is 0 Å². The summed E-state index contributed by atoms with van der Waals surface area (Å²) in [5, 5.41) is 12.6. The Bertz CT molecular complexity index is 236. The molecule has 14 heavy (non-hydrogen) atoms. The van der Waals surface area contributed by atoms with Crippen LogP contribution in [0.5, 0.6) is 0 Å². The molecule has 1 aliphatic carbocycles. The third-order valence-corrected chi connectivity index (χ3v) is 2.90. The number of rotatable bonds is 2. The van der Waals surface area contributed by atoms with E-state index in [0.29, 0.717) is 18.4 Å². The number of nitrogens with two attached hydrogens (primary N) is 1. The third kappa shape index (κ3) is 2.18. The zero-order valence-corrected chi connectivity index (χ0v) is 9.41. The van der Waals surface area contributed by atoms with Gasteiger partial charge in [0.2, 0.25) is 0 Å². The molecule has 4 nitrogen and oxygen atoms in total. The highest BCUT2D eigenvalue weighted by atomic mass is 16.3. The fraction of sp³-hybridized carbons (Fsp3) is 0.900. The molecule has 0 aliphatic heterocycles. The van der Waals surface area contributed by atoms with E-state index in [1.165, 1.54) is 0 Å². The lowest BCUT2D eigenvalue weighted by Gasteiger charge is -2.47. The lowest BCUT2D eigenvalue weighted by molar-refractivity contribution is -0.0577. The van der Waals surface area contributed by atoms with E-state index in [1.807, 2.05) is 27.7 Å². The summed E-state index contributed by atoms with van der Waals surface area (Å²) in [4.78, 5) is 4.35. The van der Waals surface area contributed by atoms with Crippen LogP contribution in [-0.4, -0.2) is 29.3 Å². The van der Waals surface area contributed by atoms with Crippen molar-refractivity contribution in [2.24, 2.45) is 16.1 Å². The Morgan fingerprint density at radius 1 is 1.57 bits per heavy atom. The van der Waals surface area contributed by atoms with Crippen LogP contribution in [0, 0.1) is 5.41 Å². The number of guanidine groups is 1. The molecule has 0 saturated heterocycles. The highest BCUT2D eigenvalue weighted by Crippen LogP contribution is 2.42. The van der Waals surface area contributed by atoms with E-state index in [9.17, 15) is 5.11 Å². The van der Waals surface area contributed by atoms with E-state index in [4.69, 9.17) is 5.73 Å². The van der Waals surface area contributed by atoms with Crippen molar-refractivity contribution < 1.29 is 5.11 Å². The van der Waals surface area contributed by atoms with Gasteiger partial charge in [-0.05, 0) is 20.3 Å². The largest absolute Gasteiger partial charge is 0.392 e. The van der Waals surface area contributed by atoms with Crippen molar-refractivity contribution in [1.29, 1.82) is 0 Å². The van der Waals surface area contributed by atoms with E-state index < -0.39 is 0 Å². The van der Waals surface area contributed by atoms with E-state index in [1.54, 1.807) is 0 Å². The van der Waals surface area contributed by atoms with Crippen molar-refractivity contribution in [3.05, 3.63) is 0 Å². The summed E-state index contributed by atoms with van der Waals surface area (Å²) in [6.45, 7) is 8.06. The van der Waals surface area contributed by atoms with Crippen LogP contribution in [0.2, 0.25) is 0 Å². The maximum Gasteiger partial charge on any atom is 0.189 e. The minimum absolute atomic E-state index is 0.136. The Morgan fingerprint density at radius 3 is 2.50 bits per heavy atom. The number of hydrogen-bond donors (Lipinski definition) is 3. The van der Waals surface area contributed by atoms with Gasteiger partial charge >= 0.3 is 0 Å². The SMILES string of the molecule is CC(C)NC(N)=NC1CC(O)C1(C)C. The maximum atomic E-state index is 9.51. The summed E-state index contributed by atoms with van der Waals surface area (Å²) in [6.07, 6.45) is 0.469. The minimum atomic E-state index is -0.247. The van der Waals surface area contributed by atoms with E-state index in [-0.39, 0.29) is 17.6 Å². The van der Waals surface area contributed by atoms with Crippen LogP contribution >= 0.6 is 0 Å². The second-order valence-corrected chi connectivity index (χ2v) is 4.90. The molecule has 4 heteroatoms. The van der Waals surface area contributed by atoms with Crippen LogP contribution in [0.25, 0.3) is 0 Å². The Hall–Kier alpha value is -0.770. The number of aliphatic imine (C=N–C) groups is 1. The molecule has 2 atom stereocenters. The van der Waals surface area contributed by atoms with Gasteiger partial charge in [-0.1, -0.05) is 13.8 Å². The van der Waals surface area contributed by atoms with Crippen LogP contribution in [0.4, 0.5) is 0 Å². The van der Waals surface area contributed by atoms with Gasteiger partial charge in [-0.25, -0.2) is 4.99 Å². The standard InChI is InChI=1S/C10H21N3O/c1-6(2)12-9(11)13-7-5-8(14)10(7,3)4/h6-8,14H,5H2,1-4H3,(H3,11,12,13). The predicted octanol–water partition coefficient (Wildman–Crippen LogP) is 0.458. The summed E-state index contributed by atoms with van der Waals surface area (Å²) in [5.41, 5.74) is 5.57. The average Bonchev–Trinajstić information content (AvgIpc) is 2.02. The molecule has 1 aliphatic rings. The first kappa shape index (κ1) is 11.3. The van der Waals surface area contributed by atoms with E-state index in [2.05, 4.69) is 10.3 Å². The second-order valence-electron chi connectivity index (χ2n) is 4.90. The molecule has 0 spiro atoms. The second kappa shape index (κ2) is 3.77. The highest BCUT2D eigenvalue weighted by Gasteiger charge is 2.47. The number of nitrogens with one attached hydrogen (secondary N) is 1. The Morgan fingerprint density at radius 2 is 2.14 bits per heavy atom. The van der Waals surface area contributed by atoms with Crippen molar-refractivity contribution in [1.82, 2.24) is 5.32 Å². The molecule has 0 aromatic rings. The minimum Gasteiger partial charge on any atom is -0.392 e. The molecular formula is C10H21N3O. The van der Waals surface area contributed by atoms with Gasteiger partial charge in [0.1, 0.15) is 0 Å². The first-order chi connectivity index (χ1) is 6.34. The summed E-state index contributed by atoms with van der Waals surface area (Å²) in [7, 11) is 0. The molecule has 82 valence electrons. The average molecular weight is 199 g/mol. The lowest BCUT2D eigenvalue weighted by atomic mass is 9.65. The number of aliphatic hydroxyl groups excluding tert-OH is 1. The molecule has 0 heterocycles. The molecule has 0 aromatic heterocycles. The van der Waals surface area contributed by atoms with Crippen molar-refractivity contribution in [3.63, 3.8) is 0 Å². The van der Waals surface area contributed by atoms with Gasteiger partial charge in [0, 0.05) is 11.5 Å². The lowest BCUT2D eigenvalue weighted by Crippen LogP contribution is -2.53. The molecule has 0 bridgehead atoms. The van der Waals surface area contributed by atoms with Crippen LogP contribution in [0.1, 0.15) is 34.1 Å². The zero-order valence-electron chi connectivity index (χ0n) is 9.41.